The van der Waals surface area contributed by atoms with Gasteiger partial charge >= 0.3 is 5.69 Å². The summed E-state index contributed by atoms with van der Waals surface area (Å²) in [6.07, 6.45) is 2.65. The zero-order valence-electron chi connectivity index (χ0n) is 10.8. The zero-order chi connectivity index (χ0) is 14.7. The number of aromatic nitrogens is 2. The van der Waals surface area contributed by atoms with E-state index in [2.05, 4.69) is 0 Å². The Labute approximate surface area is 113 Å². The van der Waals surface area contributed by atoms with E-state index in [1.54, 1.807) is 6.92 Å². The topological polar surface area (TPSA) is 112 Å². The molecule has 1 amide bonds. The molecule has 0 aliphatic carbocycles. The molecule has 0 spiro atoms. The minimum Gasteiger partial charge on any atom is -0.467 e. The van der Waals surface area contributed by atoms with Crippen molar-refractivity contribution >= 4 is 5.91 Å². The summed E-state index contributed by atoms with van der Waals surface area (Å²) in [5.74, 6) is 4.81. The minimum atomic E-state index is -0.508. The molecule has 0 fully saturated rings. The number of carbonyl (C=O) groups is 1. The Morgan fingerprint density at radius 3 is 2.85 bits per heavy atom. The van der Waals surface area contributed by atoms with Gasteiger partial charge in [0.15, 0.2) is 0 Å². The van der Waals surface area contributed by atoms with E-state index in [4.69, 9.17) is 10.3 Å². The molecular formula is C12H14N4O4. The summed E-state index contributed by atoms with van der Waals surface area (Å²) in [6.45, 7) is 2.21. The van der Waals surface area contributed by atoms with Gasteiger partial charge in [-0.3, -0.25) is 19.6 Å². The second kappa shape index (κ2) is 5.57. The molecule has 0 atom stereocenters. The average Bonchev–Trinajstić information content (AvgIpc) is 2.91. The molecule has 0 unspecified atom stereocenters. The Bertz CT molecular complexity index is 740. The van der Waals surface area contributed by atoms with Gasteiger partial charge in [-0.25, -0.2) is 10.6 Å². The number of hydrogen-bond acceptors (Lipinski definition) is 5. The van der Waals surface area contributed by atoms with Crippen LogP contribution in [0.5, 0.6) is 0 Å². The fraction of sp³-hybridized carbons (Fsp3) is 0.250. The SMILES string of the molecule is CCn1ccc(=O)n(Cc2cc(C(=O)NN)co2)c1=O. The first-order valence-electron chi connectivity index (χ1n) is 5.95. The van der Waals surface area contributed by atoms with Gasteiger partial charge in [0.2, 0.25) is 0 Å². The van der Waals surface area contributed by atoms with E-state index in [-0.39, 0.29) is 12.1 Å². The first-order valence-corrected chi connectivity index (χ1v) is 5.95. The van der Waals surface area contributed by atoms with Crippen molar-refractivity contribution in [2.45, 2.75) is 20.0 Å². The molecule has 0 saturated heterocycles. The van der Waals surface area contributed by atoms with Crippen LogP contribution in [0.2, 0.25) is 0 Å². The van der Waals surface area contributed by atoms with Gasteiger partial charge in [-0.1, -0.05) is 0 Å². The van der Waals surface area contributed by atoms with Crippen LogP contribution in [0, 0.1) is 0 Å². The molecule has 2 aromatic rings. The number of rotatable bonds is 4. The number of furan rings is 1. The molecule has 20 heavy (non-hydrogen) atoms. The van der Waals surface area contributed by atoms with Gasteiger partial charge in [0.1, 0.15) is 12.0 Å². The van der Waals surface area contributed by atoms with Crippen LogP contribution in [0.1, 0.15) is 23.0 Å². The van der Waals surface area contributed by atoms with Crippen LogP contribution in [0.3, 0.4) is 0 Å². The molecule has 0 aromatic carbocycles. The van der Waals surface area contributed by atoms with Crippen molar-refractivity contribution in [3.63, 3.8) is 0 Å². The lowest BCUT2D eigenvalue weighted by atomic mass is 10.3. The quantitative estimate of drug-likeness (QED) is 0.435. The van der Waals surface area contributed by atoms with Gasteiger partial charge in [-0.15, -0.1) is 0 Å². The van der Waals surface area contributed by atoms with Gasteiger partial charge in [0.05, 0.1) is 12.1 Å². The van der Waals surface area contributed by atoms with Crippen molar-refractivity contribution in [1.82, 2.24) is 14.6 Å². The van der Waals surface area contributed by atoms with E-state index >= 15 is 0 Å². The molecule has 2 aromatic heterocycles. The van der Waals surface area contributed by atoms with E-state index in [0.717, 1.165) is 4.57 Å². The molecule has 0 aliphatic heterocycles. The Hall–Kier alpha value is -2.61. The van der Waals surface area contributed by atoms with Crippen LogP contribution in [0.4, 0.5) is 0 Å². The highest BCUT2D eigenvalue weighted by atomic mass is 16.3. The predicted octanol–water partition coefficient (Wildman–Crippen LogP) is -0.725. The Kier molecular flexibility index (Phi) is 3.85. The maximum absolute atomic E-state index is 12.0. The highest BCUT2D eigenvalue weighted by molar-refractivity contribution is 5.93. The van der Waals surface area contributed by atoms with Crippen LogP contribution in [0.15, 0.2) is 38.6 Å². The van der Waals surface area contributed by atoms with Gasteiger partial charge in [0.25, 0.3) is 11.5 Å². The lowest BCUT2D eigenvalue weighted by Gasteiger charge is -2.06. The largest absolute Gasteiger partial charge is 0.467 e. The van der Waals surface area contributed by atoms with Crippen LogP contribution < -0.4 is 22.5 Å². The number of hydrogen-bond donors (Lipinski definition) is 2. The number of aryl methyl sites for hydroxylation is 1. The number of hydrazine groups is 1. The van der Waals surface area contributed by atoms with Crippen molar-refractivity contribution < 1.29 is 9.21 Å². The molecular weight excluding hydrogens is 264 g/mol. The molecule has 0 saturated carbocycles. The highest BCUT2D eigenvalue weighted by Crippen LogP contribution is 2.07. The van der Waals surface area contributed by atoms with E-state index < -0.39 is 17.2 Å². The van der Waals surface area contributed by atoms with Gasteiger partial charge in [-0.2, -0.15) is 0 Å². The number of nitrogens with one attached hydrogen (secondary N) is 1. The molecule has 0 aliphatic rings. The monoisotopic (exact) mass is 278 g/mol. The first kappa shape index (κ1) is 13.8. The summed E-state index contributed by atoms with van der Waals surface area (Å²) in [4.78, 5) is 35.0. The lowest BCUT2D eigenvalue weighted by molar-refractivity contribution is 0.0953. The van der Waals surface area contributed by atoms with Crippen LogP contribution in [-0.4, -0.2) is 15.0 Å². The summed E-state index contributed by atoms with van der Waals surface area (Å²) in [5.41, 5.74) is 1.33. The van der Waals surface area contributed by atoms with Gasteiger partial charge < -0.3 is 8.98 Å². The Morgan fingerprint density at radius 1 is 1.45 bits per heavy atom. The summed E-state index contributed by atoms with van der Waals surface area (Å²) in [7, 11) is 0. The second-order valence-electron chi connectivity index (χ2n) is 4.08. The third kappa shape index (κ3) is 2.54. The third-order valence-corrected chi connectivity index (χ3v) is 2.84. The van der Waals surface area contributed by atoms with Crippen molar-refractivity contribution in [2.75, 3.05) is 0 Å². The summed E-state index contributed by atoms with van der Waals surface area (Å²) < 4.78 is 7.59. The summed E-state index contributed by atoms with van der Waals surface area (Å²) in [5, 5.41) is 0. The van der Waals surface area contributed by atoms with Gasteiger partial charge in [-0.05, 0) is 13.0 Å². The standard InChI is InChI=1S/C12H14N4O4/c1-2-15-4-3-10(17)16(12(15)19)6-9-5-8(7-20-9)11(18)14-13/h3-5,7H,2,6,13H2,1H3,(H,14,18). The normalized spacial score (nSPS) is 10.5. The Balaban J connectivity index is 2.35. The molecule has 106 valence electrons. The maximum atomic E-state index is 12.0. The number of nitrogen functional groups attached to an aromatic ring is 1. The molecule has 2 heterocycles. The Morgan fingerprint density at radius 2 is 2.20 bits per heavy atom. The van der Waals surface area contributed by atoms with E-state index in [1.165, 1.54) is 29.2 Å². The average molecular weight is 278 g/mol. The molecule has 8 nitrogen and oxygen atoms in total. The first-order chi connectivity index (χ1) is 9.56. The molecule has 3 N–H and O–H groups in total. The second-order valence-corrected chi connectivity index (χ2v) is 4.08. The predicted molar refractivity (Wildman–Crippen MR) is 70.1 cm³/mol. The number of nitrogens with two attached hydrogens (primary N) is 1. The lowest BCUT2D eigenvalue weighted by Crippen LogP contribution is -2.38. The van der Waals surface area contributed by atoms with Crippen LogP contribution >= 0.6 is 0 Å². The van der Waals surface area contributed by atoms with Crippen molar-refractivity contribution in [3.05, 3.63) is 56.8 Å². The number of amides is 1. The molecule has 0 bridgehead atoms. The fourth-order valence-corrected chi connectivity index (χ4v) is 1.76. The van der Waals surface area contributed by atoms with Crippen molar-refractivity contribution in [1.29, 1.82) is 0 Å². The van der Waals surface area contributed by atoms with E-state index in [0.29, 0.717) is 12.3 Å². The van der Waals surface area contributed by atoms with Gasteiger partial charge in [0, 0.05) is 18.8 Å². The van der Waals surface area contributed by atoms with E-state index in [1.807, 2.05) is 5.43 Å². The smallest absolute Gasteiger partial charge is 0.331 e. The zero-order valence-corrected chi connectivity index (χ0v) is 10.8. The number of nitrogens with zero attached hydrogens (tertiary/aromatic N) is 2. The minimum absolute atomic E-state index is 0.0453. The summed E-state index contributed by atoms with van der Waals surface area (Å²) >= 11 is 0. The van der Waals surface area contributed by atoms with E-state index in [9.17, 15) is 14.4 Å². The fourth-order valence-electron chi connectivity index (χ4n) is 1.76. The summed E-state index contributed by atoms with van der Waals surface area (Å²) in [6, 6.07) is 2.73. The van der Waals surface area contributed by atoms with Crippen molar-refractivity contribution in [3.8, 4) is 0 Å². The third-order valence-electron chi connectivity index (χ3n) is 2.84. The number of carbonyl (C=O) groups excluding carboxylic acids is 1. The highest BCUT2D eigenvalue weighted by Gasteiger charge is 2.11. The molecule has 2 rings (SSSR count). The van der Waals surface area contributed by atoms with Crippen LogP contribution in [0.25, 0.3) is 0 Å². The van der Waals surface area contributed by atoms with Crippen LogP contribution in [-0.2, 0) is 13.1 Å². The molecule has 8 heteroatoms. The van der Waals surface area contributed by atoms with Crippen molar-refractivity contribution in [2.24, 2.45) is 5.84 Å². The maximum Gasteiger partial charge on any atom is 0.331 e. The molecule has 0 radical (unpaired) electrons.